The van der Waals surface area contributed by atoms with Crippen LogP contribution in [0.1, 0.15) is 16.7 Å². The number of fused-ring (bicyclic) bond motifs is 2. The standard InChI is InChI=1S/C32H32FN7O4S/c1-2-14-38(32(44)35-16-21-6-10-23(33)11-7-21)39-19-28(42)40-25(15-20-8-12-24(41)13-9-20)30(43)37(18-27(39)40)17-22-4-3-5-26-29(22)36-31(34)45-26/h2-13,25,27,41H,1,14-19H2,(H2,34,36)(H,35,44)/t25-,27+/m0/s1. The summed E-state index contributed by atoms with van der Waals surface area (Å²) in [5.41, 5.74) is 9.01. The zero-order chi connectivity index (χ0) is 31.7. The number of urea groups is 1. The number of rotatable bonds is 9. The fraction of sp³-hybridized carbons (Fsp3) is 0.250. The van der Waals surface area contributed by atoms with Crippen molar-refractivity contribution >= 4 is 44.5 Å². The Bertz CT molecular complexity index is 1750. The molecule has 0 unspecified atom stereocenters. The predicted molar refractivity (Wildman–Crippen MR) is 168 cm³/mol. The third-order valence-corrected chi connectivity index (χ3v) is 8.87. The number of nitrogen functional groups attached to an aromatic ring is 1. The number of piperazine rings is 1. The Morgan fingerprint density at radius 3 is 2.60 bits per heavy atom. The van der Waals surface area contributed by atoms with Gasteiger partial charge in [0.25, 0.3) is 0 Å². The molecular formula is C32H32FN7O4S. The van der Waals surface area contributed by atoms with Gasteiger partial charge >= 0.3 is 6.03 Å². The molecule has 0 spiro atoms. The summed E-state index contributed by atoms with van der Waals surface area (Å²) in [5.74, 6) is -0.793. The Morgan fingerprint density at radius 1 is 1.13 bits per heavy atom. The number of carbonyl (C=O) groups excluding carboxylic acids is 3. The van der Waals surface area contributed by atoms with E-state index in [0.717, 1.165) is 21.3 Å². The van der Waals surface area contributed by atoms with Crippen LogP contribution in [-0.2, 0) is 29.1 Å². The molecule has 13 heteroatoms. The molecule has 1 aromatic heterocycles. The maximum atomic E-state index is 14.1. The highest BCUT2D eigenvalue weighted by molar-refractivity contribution is 7.22. The number of hydrazine groups is 1. The summed E-state index contributed by atoms with van der Waals surface area (Å²) in [6, 6.07) is 16.8. The third-order valence-electron chi connectivity index (χ3n) is 8.02. The van der Waals surface area contributed by atoms with Crippen molar-refractivity contribution in [1.82, 2.24) is 30.1 Å². The molecule has 45 heavy (non-hydrogen) atoms. The fourth-order valence-corrected chi connectivity index (χ4v) is 6.68. The number of aromatic hydroxyl groups is 1. The van der Waals surface area contributed by atoms with Crippen LogP contribution in [0.5, 0.6) is 5.75 Å². The zero-order valence-corrected chi connectivity index (χ0v) is 25.1. The summed E-state index contributed by atoms with van der Waals surface area (Å²) < 4.78 is 14.3. The van der Waals surface area contributed by atoms with Crippen LogP contribution in [-0.4, -0.2) is 79.6 Å². The molecule has 3 aromatic carbocycles. The van der Waals surface area contributed by atoms with Crippen LogP contribution >= 0.6 is 11.3 Å². The Balaban J connectivity index is 1.31. The number of nitrogens with zero attached hydrogens (tertiary/aromatic N) is 5. The second kappa shape index (κ2) is 12.5. The lowest BCUT2D eigenvalue weighted by molar-refractivity contribution is -0.157. The molecule has 3 heterocycles. The van der Waals surface area contributed by atoms with E-state index in [2.05, 4.69) is 16.9 Å². The number of aromatic nitrogens is 1. The lowest BCUT2D eigenvalue weighted by atomic mass is 9.99. The third kappa shape index (κ3) is 6.17. The number of nitrogens with one attached hydrogen (secondary N) is 1. The second-order valence-corrected chi connectivity index (χ2v) is 12.0. The van der Waals surface area contributed by atoms with Gasteiger partial charge in [0.2, 0.25) is 11.8 Å². The van der Waals surface area contributed by atoms with Crippen molar-refractivity contribution in [2.24, 2.45) is 0 Å². The summed E-state index contributed by atoms with van der Waals surface area (Å²) in [6.07, 6.45) is 1.14. The number of amides is 4. The van der Waals surface area contributed by atoms with Crippen LogP contribution in [0.3, 0.4) is 0 Å². The molecule has 232 valence electrons. The number of carbonyl (C=O) groups is 3. The first-order valence-corrected chi connectivity index (χ1v) is 15.2. The molecule has 4 amide bonds. The van der Waals surface area contributed by atoms with Gasteiger partial charge in [0.1, 0.15) is 23.8 Å². The lowest BCUT2D eigenvalue weighted by Gasteiger charge is -2.46. The molecule has 6 rings (SSSR count). The van der Waals surface area contributed by atoms with Crippen molar-refractivity contribution in [3.8, 4) is 5.75 Å². The van der Waals surface area contributed by atoms with E-state index in [1.54, 1.807) is 57.3 Å². The van der Waals surface area contributed by atoms with Crippen molar-refractivity contribution in [3.63, 3.8) is 0 Å². The number of phenols is 1. The van der Waals surface area contributed by atoms with Crippen molar-refractivity contribution in [3.05, 3.63) is 102 Å². The first kappa shape index (κ1) is 30.0. The van der Waals surface area contributed by atoms with Gasteiger partial charge in [-0.05, 0) is 47.0 Å². The number of hydrogen-bond donors (Lipinski definition) is 3. The maximum absolute atomic E-state index is 14.1. The summed E-state index contributed by atoms with van der Waals surface area (Å²) >= 11 is 1.37. The molecule has 0 bridgehead atoms. The number of halogens is 1. The predicted octanol–water partition coefficient (Wildman–Crippen LogP) is 3.46. The normalized spacial score (nSPS) is 18.3. The molecule has 0 saturated carbocycles. The van der Waals surface area contributed by atoms with Crippen molar-refractivity contribution in [2.75, 3.05) is 25.4 Å². The molecular weight excluding hydrogens is 597 g/mol. The van der Waals surface area contributed by atoms with E-state index < -0.39 is 18.2 Å². The number of benzene rings is 3. The van der Waals surface area contributed by atoms with E-state index in [0.29, 0.717) is 10.7 Å². The van der Waals surface area contributed by atoms with Gasteiger partial charge < -0.3 is 26.0 Å². The van der Waals surface area contributed by atoms with Crippen LogP contribution in [0.25, 0.3) is 10.2 Å². The Morgan fingerprint density at radius 2 is 1.87 bits per heavy atom. The minimum absolute atomic E-state index is 0.0963. The van der Waals surface area contributed by atoms with Gasteiger partial charge in [-0.2, -0.15) is 5.01 Å². The Labute approximate surface area is 262 Å². The smallest absolute Gasteiger partial charge is 0.332 e. The number of nitrogens with two attached hydrogens (primary N) is 1. The molecule has 4 N–H and O–H groups in total. The number of anilines is 1. The van der Waals surface area contributed by atoms with Crippen molar-refractivity contribution in [2.45, 2.75) is 31.7 Å². The molecule has 2 aliphatic heterocycles. The minimum Gasteiger partial charge on any atom is -0.508 e. The van der Waals surface area contributed by atoms with E-state index in [9.17, 15) is 23.9 Å². The average molecular weight is 630 g/mol. The minimum atomic E-state index is -0.849. The van der Waals surface area contributed by atoms with Gasteiger partial charge in [-0.1, -0.05) is 53.8 Å². The van der Waals surface area contributed by atoms with E-state index in [1.807, 2.05) is 18.2 Å². The number of para-hydroxylation sites is 1. The SMILES string of the molecule is C=CCN(C(=O)NCc1ccc(F)cc1)N1CC(=O)N2[C@@H](Cc3ccc(O)cc3)C(=O)N(Cc3cccc4sc(N)nc34)C[C@@H]21. The number of thiazole rings is 1. The summed E-state index contributed by atoms with van der Waals surface area (Å²) in [4.78, 5) is 49.1. The highest BCUT2D eigenvalue weighted by Crippen LogP contribution is 2.32. The topological polar surface area (TPSA) is 135 Å². The summed E-state index contributed by atoms with van der Waals surface area (Å²) in [7, 11) is 0. The second-order valence-electron chi connectivity index (χ2n) is 11.0. The van der Waals surface area contributed by atoms with Crippen LogP contribution < -0.4 is 11.1 Å². The van der Waals surface area contributed by atoms with Gasteiger partial charge in [0.15, 0.2) is 5.13 Å². The van der Waals surface area contributed by atoms with Gasteiger partial charge in [-0.3, -0.25) is 14.6 Å². The molecule has 2 saturated heterocycles. The van der Waals surface area contributed by atoms with Crippen LogP contribution in [0.2, 0.25) is 0 Å². The van der Waals surface area contributed by atoms with E-state index in [1.165, 1.54) is 28.5 Å². The quantitative estimate of drug-likeness (QED) is 0.242. The van der Waals surface area contributed by atoms with Gasteiger partial charge in [0, 0.05) is 19.5 Å². The Kier molecular flexibility index (Phi) is 8.37. The number of hydrogen-bond acceptors (Lipinski definition) is 8. The van der Waals surface area contributed by atoms with Gasteiger partial charge in [-0.25, -0.2) is 14.2 Å². The van der Waals surface area contributed by atoms with Crippen molar-refractivity contribution in [1.29, 1.82) is 0 Å². The monoisotopic (exact) mass is 629 g/mol. The molecule has 0 radical (unpaired) electrons. The molecule has 11 nitrogen and oxygen atoms in total. The van der Waals surface area contributed by atoms with E-state index in [-0.39, 0.29) is 62.5 Å². The molecule has 2 atom stereocenters. The number of phenolic OH excluding ortho intramolecular Hbond substituents is 1. The van der Waals surface area contributed by atoms with Crippen LogP contribution in [0.15, 0.2) is 79.4 Å². The van der Waals surface area contributed by atoms with Gasteiger partial charge in [0.05, 0.1) is 29.9 Å². The maximum Gasteiger partial charge on any atom is 0.332 e. The van der Waals surface area contributed by atoms with E-state index in [4.69, 9.17) is 5.73 Å². The molecule has 0 aliphatic carbocycles. The Hall–Kier alpha value is -5.01. The first-order valence-electron chi connectivity index (χ1n) is 14.4. The molecule has 4 aromatic rings. The first-order chi connectivity index (χ1) is 21.7. The average Bonchev–Trinajstić information content (AvgIpc) is 3.57. The molecule has 2 fully saturated rings. The fourth-order valence-electron chi connectivity index (χ4n) is 5.90. The van der Waals surface area contributed by atoms with Gasteiger partial charge in [-0.15, -0.1) is 6.58 Å². The molecule has 2 aliphatic rings. The van der Waals surface area contributed by atoms with Crippen LogP contribution in [0, 0.1) is 5.82 Å². The lowest BCUT2D eigenvalue weighted by Crippen LogP contribution is -2.66. The van der Waals surface area contributed by atoms with E-state index >= 15 is 0 Å². The largest absolute Gasteiger partial charge is 0.508 e. The highest BCUT2D eigenvalue weighted by atomic mass is 32.1. The zero-order valence-electron chi connectivity index (χ0n) is 24.3. The summed E-state index contributed by atoms with van der Waals surface area (Å²) in [5, 5.41) is 16.2. The summed E-state index contributed by atoms with van der Waals surface area (Å²) in [6.45, 7) is 4.33. The van der Waals surface area contributed by atoms with Crippen LogP contribution in [0.4, 0.5) is 14.3 Å². The highest BCUT2D eigenvalue weighted by Gasteiger charge is 2.52. The van der Waals surface area contributed by atoms with Crippen molar-refractivity contribution < 1.29 is 23.9 Å².